The van der Waals surface area contributed by atoms with Crippen LogP contribution in [0.5, 0.6) is 34.5 Å². The van der Waals surface area contributed by atoms with E-state index in [1.807, 2.05) is 0 Å². The van der Waals surface area contributed by atoms with Crippen LogP contribution in [0.15, 0.2) is 24.3 Å². The first kappa shape index (κ1) is 13.2. The van der Waals surface area contributed by atoms with E-state index < -0.39 is 23.0 Å². The summed E-state index contributed by atoms with van der Waals surface area (Å²) in [4.78, 5) is 0. The molecular weight excluding hydrogens is 264 g/mol. The second kappa shape index (κ2) is 4.82. The summed E-state index contributed by atoms with van der Waals surface area (Å²) in [5.41, 5.74) is -0.343. The van der Waals surface area contributed by atoms with Crippen molar-refractivity contribution in [3.05, 3.63) is 35.4 Å². The molecule has 0 amide bonds. The second-order valence-corrected chi connectivity index (χ2v) is 3.97. The maximum absolute atomic E-state index is 9.55. The quantitative estimate of drug-likeness (QED) is 0.403. The summed E-state index contributed by atoms with van der Waals surface area (Å²) in [6.45, 7) is 0. The molecule has 0 aliphatic rings. The normalized spacial score (nSPS) is 9.80. The first-order valence-electron chi connectivity index (χ1n) is 5.40. The van der Waals surface area contributed by atoms with E-state index in [0.29, 0.717) is 0 Å². The van der Waals surface area contributed by atoms with Crippen molar-refractivity contribution in [2.75, 3.05) is 0 Å². The van der Waals surface area contributed by atoms with Crippen LogP contribution in [0.25, 0.3) is 0 Å². The van der Waals surface area contributed by atoms with Crippen molar-refractivity contribution in [2.45, 2.75) is 0 Å². The van der Waals surface area contributed by atoms with Crippen LogP contribution in [0.2, 0.25) is 0 Å². The van der Waals surface area contributed by atoms with Crippen molar-refractivity contribution >= 4 is 0 Å². The van der Waals surface area contributed by atoms with Gasteiger partial charge < -0.3 is 30.6 Å². The van der Waals surface area contributed by atoms with Crippen molar-refractivity contribution in [3.8, 4) is 46.3 Å². The molecule has 2 aromatic rings. The Morgan fingerprint density at radius 3 is 1.00 bits per heavy atom. The number of aromatic hydroxyl groups is 6. The van der Waals surface area contributed by atoms with Crippen LogP contribution in [-0.4, -0.2) is 30.6 Å². The van der Waals surface area contributed by atoms with Gasteiger partial charge in [0.2, 0.25) is 0 Å². The van der Waals surface area contributed by atoms with Gasteiger partial charge in [-0.25, -0.2) is 0 Å². The predicted octanol–water partition coefficient (Wildman–Crippen LogP) is 1.32. The molecule has 0 aliphatic carbocycles. The Kier molecular flexibility index (Phi) is 3.19. The fourth-order valence-electron chi connectivity index (χ4n) is 1.58. The number of hydrogen-bond donors (Lipinski definition) is 6. The number of hydrogen-bond acceptors (Lipinski definition) is 6. The number of rotatable bonds is 0. The highest BCUT2D eigenvalue weighted by Gasteiger charge is 2.09. The highest BCUT2D eigenvalue weighted by Crippen LogP contribution is 2.33. The molecule has 0 spiro atoms. The third-order valence-electron chi connectivity index (χ3n) is 2.48. The Balaban J connectivity index is 2.52. The maximum Gasteiger partial charge on any atom is 0.138 e. The van der Waals surface area contributed by atoms with E-state index in [-0.39, 0.29) is 22.6 Å². The topological polar surface area (TPSA) is 121 Å². The SMILES string of the molecule is Oc1cc(O)c(C#Cc2c(O)cc(O)cc2O)c(O)c1. The fourth-order valence-corrected chi connectivity index (χ4v) is 1.58. The number of phenols is 6. The zero-order valence-electron chi connectivity index (χ0n) is 9.99. The molecule has 0 saturated carbocycles. The standard InChI is InChI=1S/C14H10O6/c15-7-3-11(17)9(12(18)4-7)1-2-10-13(19)5-8(16)6-14(10)20/h3-6,15-20H. The van der Waals surface area contributed by atoms with Crippen LogP contribution in [0, 0.1) is 11.8 Å². The summed E-state index contributed by atoms with van der Waals surface area (Å²) < 4.78 is 0. The van der Waals surface area contributed by atoms with Gasteiger partial charge in [0, 0.05) is 24.3 Å². The fraction of sp³-hybridized carbons (Fsp3) is 0. The van der Waals surface area contributed by atoms with E-state index in [9.17, 15) is 20.4 Å². The summed E-state index contributed by atoms with van der Waals surface area (Å²) >= 11 is 0. The maximum atomic E-state index is 9.55. The van der Waals surface area contributed by atoms with E-state index in [2.05, 4.69) is 11.8 Å². The van der Waals surface area contributed by atoms with Crippen molar-refractivity contribution in [1.82, 2.24) is 0 Å². The highest BCUT2D eigenvalue weighted by atomic mass is 16.3. The molecule has 0 aliphatic heterocycles. The molecule has 6 nitrogen and oxygen atoms in total. The van der Waals surface area contributed by atoms with Crippen molar-refractivity contribution in [1.29, 1.82) is 0 Å². The lowest BCUT2D eigenvalue weighted by molar-refractivity contribution is 0.423. The van der Waals surface area contributed by atoms with E-state index in [1.54, 1.807) is 0 Å². The average Bonchev–Trinajstić information content (AvgIpc) is 2.30. The van der Waals surface area contributed by atoms with Crippen molar-refractivity contribution < 1.29 is 30.6 Å². The first-order valence-corrected chi connectivity index (χ1v) is 5.40. The first-order chi connectivity index (χ1) is 9.38. The van der Waals surface area contributed by atoms with Crippen LogP contribution in [-0.2, 0) is 0 Å². The van der Waals surface area contributed by atoms with Crippen molar-refractivity contribution in [3.63, 3.8) is 0 Å². The molecule has 102 valence electrons. The predicted molar refractivity (Wildman–Crippen MR) is 68.9 cm³/mol. The molecular formula is C14H10O6. The molecule has 6 N–H and O–H groups in total. The molecule has 2 aromatic carbocycles. The monoisotopic (exact) mass is 274 g/mol. The minimum absolute atomic E-state index is 0.172. The van der Waals surface area contributed by atoms with Gasteiger partial charge in [-0.2, -0.15) is 0 Å². The van der Waals surface area contributed by atoms with Gasteiger partial charge in [-0.1, -0.05) is 11.8 Å². The number of phenolic OH excluding ortho intramolecular Hbond substituents is 6. The summed E-state index contributed by atoms with van der Waals surface area (Å²) in [7, 11) is 0. The van der Waals surface area contributed by atoms with Gasteiger partial charge in [0.1, 0.15) is 45.6 Å². The van der Waals surface area contributed by atoms with Gasteiger partial charge in [-0.05, 0) is 0 Å². The van der Waals surface area contributed by atoms with Gasteiger partial charge in [0.05, 0.1) is 0 Å². The van der Waals surface area contributed by atoms with Gasteiger partial charge in [-0.15, -0.1) is 0 Å². The van der Waals surface area contributed by atoms with E-state index in [0.717, 1.165) is 24.3 Å². The molecule has 0 saturated heterocycles. The third kappa shape index (κ3) is 2.47. The Bertz CT molecular complexity index is 632. The highest BCUT2D eigenvalue weighted by molar-refractivity contribution is 5.63. The van der Waals surface area contributed by atoms with E-state index >= 15 is 0 Å². The zero-order chi connectivity index (χ0) is 14.9. The third-order valence-corrected chi connectivity index (χ3v) is 2.48. The largest absolute Gasteiger partial charge is 0.508 e. The molecule has 0 heterocycles. The molecule has 0 aromatic heterocycles. The average molecular weight is 274 g/mol. The Hall–Kier alpha value is -3.20. The van der Waals surface area contributed by atoms with Crippen molar-refractivity contribution in [2.24, 2.45) is 0 Å². The lowest BCUT2D eigenvalue weighted by Crippen LogP contribution is -1.82. The minimum Gasteiger partial charge on any atom is -0.508 e. The molecule has 0 atom stereocenters. The van der Waals surface area contributed by atoms with Crippen LogP contribution in [0.4, 0.5) is 0 Å². The lowest BCUT2D eigenvalue weighted by Gasteiger charge is -2.03. The summed E-state index contributed by atoms with van der Waals surface area (Å²) in [6.07, 6.45) is 0. The van der Waals surface area contributed by atoms with Crippen LogP contribution >= 0.6 is 0 Å². The Morgan fingerprint density at radius 2 is 0.750 bits per heavy atom. The molecule has 20 heavy (non-hydrogen) atoms. The molecule has 0 bridgehead atoms. The molecule has 6 heteroatoms. The minimum atomic E-state index is -0.451. The Morgan fingerprint density at radius 1 is 0.500 bits per heavy atom. The van der Waals surface area contributed by atoms with E-state index in [1.165, 1.54) is 0 Å². The summed E-state index contributed by atoms with van der Waals surface area (Å²) in [5.74, 6) is 2.26. The van der Waals surface area contributed by atoms with Crippen LogP contribution < -0.4 is 0 Å². The smallest absolute Gasteiger partial charge is 0.138 e. The van der Waals surface area contributed by atoms with Crippen LogP contribution in [0.3, 0.4) is 0 Å². The molecule has 0 unspecified atom stereocenters. The van der Waals surface area contributed by atoms with Gasteiger partial charge >= 0.3 is 0 Å². The molecule has 0 radical (unpaired) electrons. The van der Waals surface area contributed by atoms with Gasteiger partial charge in [-0.3, -0.25) is 0 Å². The van der Waals surface area contributed by atoms with E-state index in [4.69, 9.17) is 10.2 Å². The molecule has 0 fully saturated rings. The molecule has 2 rings (SSSR count). The lowest BCUT2D eigenvalue weighted by atomic mass is 10.1. The van der Waals surface area contributed by atoms with Crippen LogP contribution in [0.1, 0.15) is 11.1 Å². The summed E-state index contributed by atoms with van der Waals surface area (Å²) in [6, 6.07) is 3.95. The summed E-state index contributed by atoms with van der Waals surface area (Å²) in [5, 5.41) is 56.5. The van der Waals surface area contributed by atoms with Gasteiger partial charge in [0.25, 0.3) is 0 Å². The van der Waals surface area contributed by atoms with Gasteiger partial charge in [0.15, 0.2) is 0 Å². The zero-order valence-corrected chi connectivity index (χ0v) is 9.99. The second-order valence-electron chi connectivity index (χ2n) is 3.97. The number of benzene rings is 2. The Labute approximate surface area is 113 Å².